The van der Waals surface area contributed by atoms with Gasteiger partial charge in [0.25, 0.3) is 5.91 Å². The minimum Gasteiger partial charge on any atom is -0.395 e. The number of hydrogen-bond donors (Lipinski definition) is 2. The number of nitrogens with two attached hydrogens (primary N) is 1. The van der Waals surface area contributed by atoms with E-state index >= 15 is 0 Å². The first-order valence-electron chi connectivity index (χ1n) is 6.81. The number of carbonyl (C=O) groups is 1. The van der Waals surface area contributed by atoms with E-state index in [1.807, 2.05) is 38.1 Å². The highest BCUT2D eigenvalue weighted by Gasteiger charge is 2.20. The molecule has 0 spiro atoms. The summed E-state index contributed by atoms with van der Waals surface area (Å²) in [7, 11) is 1.73. The molecule has 6 heteroatoms. The minimum atomic E-state index is -0.213. The van der Waals surface area contributed by atoms with Crippen LogP contribution in [0.4, 0.5) is 5.69 Å². The lowest BCUT2D eigenvalue weighted by Crippen LogP contribution is -2.29. The number of benzene rings is 1. The van der Waals surface area contributed by atoms with Crippen LogP contribution in [-0.2, 0) is 13.5 Å². The van der Waals surface area contributed by atoms with Crippen LogP contribution in [0.15, 0.2) is 28.7 Å². The molecule has 112 valence electrons. The highest BCUT2D eigenvalue weighted by Crippen LogP contribution is 2.20. The summed E-state index contributed by atoms with van der Waals surface area (Å²) >= 11 is 3.43. The van der Waals surface area contributed by atoms with Crippen LogP contribution >= 0.6 is 15.9 Å². The Bertz CT molecular complexity index is 666. The molecular formula is C15H19BrN4O. The van der Waals surface area contributed by atoms with Crippen molar-refractivity contribution in [3.63, 3.8) is 0 Å². The second kappa shape index (κ2) is 6.30. The summed E-state index contributed by atoms with van der Waals surface area (Å²) < 4.78 is 2.52. The fraction of sp³-hybridized carbons (Fsp3) is 0.333. The SMILES string of the molecule is CCc1nn(C)c(C(=O)NC(C)c2cccc(Br)c2)c1N. The predicted octanol–water partition coefficient (Wildman–Crippen LogP) is 2.82. The topological polar surface area (TPSA) is 72.9 Å². The molecule has 0 aliphatic rings. The van der Waals surface area contributed by atoms with Crippen molar-refractivity contribution in [1.29, 1.82) is 0 Å². The summed E-state index contributed by atoms with van der Waals surface area (Å²) in [5.41, 5.74) is 8.64. The molecule has 1 unspecified atom stereocenters. The molecule has 0 aliphatic carbocycles. The Labute approximate surface area is 132 Å². The second-order valence-electron chi connectivity index (χ2n) is 4.94. The van der Waals surface area contributed by atoms with Crippen LogP contribution in [-0.4, -0.2) is 15.7 Å². The van der Waals surface area contributed by atoms with Gasteiger partial charge in [0.15, 0.2) is 0 Å². The molecular weight excluding hydrogens is 332 g/mol. The first kappa shape index (κ1) is 15.6. The molecule has 0 radical (unpaired) electrons. The zero-order chi connectivity index (χ0) is 15.6. The van der Waals surface area contributed by atoms with Gasteiger partial charge < -0.3 is 11.1 Å². The average molecular weight is 351 g/mol. The Morgan fingerprint density at radius 1 is 1.52 bits per heavy atom. The molecule has 0 aliphatic heterocycles. The van der Waals surface area contributed by atoms with Crippen molar-refractivity contribution in [1.82, 2.24) is 15.1 Å². The number of halogens is 1. The third-order valence-corrected chi connectivity index (χ3v) is 3.90. The lowest BCUT2D eigenvalue weighted by atomic mass is 10.1. The smallest absolute Gasteiger partial charge is 0.272 e. The summed E-state index contributed by atoms with van der Waals surface area (Å²) in [6.07, 6.45) is 0.703. The van der Waals surface area contributed by atoms with Crippen molar-refractivity contribution in [2.24, 2.45) is 7.05 Å². The van der Waals surface area contributed by atoms with Crippen LogP contribution in [0.2, 0.25) is 0 Å². The average Bonchev–Trinajstić information content (AvgIpc) is 2.73. The van der Waals surface area contributed by atoms with Crippen LogP contribution in [0.3, 0.4) is 0 Å². The Kier molecular flexibility index (Phi) is 4.67. The molecule has 0 saturated heterocycles. The summed E-state index contributed by atoms with van der Waals surface area (Å²) in [6, 6.07) is 7.73. The quantitative estimate of drug-likeness (QED) is 0.890. The number of hydrogen-bond acceptors (Lipinski definition) is 3. The maximum atomic E-state index is 12.4. The number of aryl methyl sites for hydroxylation is 2. The first-order chi connectivity index (χ1) is 9.93. The van der Waals surface area contributed by atoms with Crippen molar-refractivity contribution >= 4 is 27.5 Å². The first-order valence-corrected chi connectivity index (χ1v) is 7.61. The molecule has 1 amide bonds. The number of nitrogens with one attached hydrogen (secondary N) is 1. The van der Waals surface area contributed by atoms with Gasteiger partial charge in [0.05, 0.1) is 17.4 Å². The fourth-order valence-electron chi connectivity index (χ4n) is 2.25. The van der Waals surface area contributed by atoms with Gasteiger partial charge in [-0.25, -0.2) is 0 Å². The second-order valence-corrected chi connectivity index (χ2v) is 5.85. The van der Waals surface area contributed by atoms with Crippen molar-refractivity contribution in [3.8, 4) is 0 Å². The number of nitrogen functional groups attached to an aromatic ring is 1. The molecule has 1 aromatic carbocycles. The zero-order valence-corrected chi connectivity index (χ0v) is 13.9. The van der Waals surface area contributed by atoms with E-state index in [-0.39, 0.29) is 11.9 Å². The predicted molar refractivity (Wildman–Crippen MR) is 87.0 cm³/mol. The summed E-state index contributed by atoms with van der Waals surface area (Å²) in [5.74, 6) is -0.213. The lowest BCUT2D eigenvalue weighted by molar-refractivity contribution is 0.0931. The Hall–Kier alpha value is -1.82. The number of amides is 1. The molecule has 5 nitrogen and oxygen atoms in total. The molecule has 0 saturated carbocycles. The van der Waals surface area contributed by atoms with Crippen molar-refractivity contribution < 1.29 is 4.79 Å². The van der Waals surface area contributed by atoms with Gasteiger partial charge in [-0.1, -0.05) is 35.0 Å². The fourth-order valence-corrected chi connectivity index (χ4v) is 2.67. The molecule has 3 N–H and O–H groups in total. The summed E-state index contributed by atoms with van der Waals surface area (Å²) in [5, 5.41) is 7.23. The van der Waals surface area contributed by atoms with Crippen LogP contribution in [0, 0.1) is 0 Å². The third-order valence-electron chi connectivity index (χ3n) is 3.41. The zero-order valence-electron chi connectivity index (χ0n) is 12.4. The van der Waals surface area contributed by atoms with E-state index in [0.717, 1.165) is 15.7 Å². The van der Waals surface area contributed by atoms with Crippen molar-refractivity contribution in [2.75, 3.05) is 5.73 Å². The Balaban J connectivity index is 2.20. The van der Waals surface area contributed by atoms with Crippen LogP contribution in [0.25, 0.3) is 0 Å². The minimum absolute atomic E-state index is 0.116. The summed E-state index contributed by atoms with van der Waals surface area (Å²) in [4.78, 5) is 12.4. The van der Waals surface area contributed by atoms with Gasteiger partial charge in [-0.2, -0.15) is 5.10 Å². The molecule has 2 rings (SSSR count). The van der Waals surface area contributed by atoms with E-state index < -0.39 is 0 Å². The van der Waals surface area contributed by atoms with E-state index in [2.05, 4.69) is 26.3 Å². The standard InChI is InChI=1S/C15H19BrN4O/c1-4-12-13(17)14(20(3)19-12)15(21)18-9(2)10-6-5-7-11(16)8-10/h5-9H,4,17H2,1-3H3,(H,18,21). The summed E-state index contributed by atoms with van der Waals surface area (Å²) in [6.45, 7) is 3.90. The molecule has 1 heterocycles. The van der Waals surface area contributed by atoms with E-state index in [4.69, 9.17) is 5.73 Å². The van der Waals surface area contributed by atoms with Crippen LogP contribution in [0.1, 0.15) is 41.6 Å². The number of carbonyl (C=O) groups excluding carboxylic acids is 1. The van der Waals surface area contributed by atoms with Gasteiger partial charge in [0.1, 0.15) is 5.69 Å². The number of anilines is 1. The molecule has 1 aromatic heterocycles. The maximum Gasteiger partial charge on any atom is 0.272 e. The Morgan fingerprint density at radius 3 is 2.81 bits per heavy atom. The number of nitrogens with zero attached hydrogens (tertiary/aromatic N) is 2. The largest absolute Gasteiger partial charge is 0.395 e. The Morgan fingerprint density at radius 2 is 2.24 bits per heavy atom. The van der Waals surface area contributed by atoms with Gasteiger partial charge in [0, 0.05) is 11.5 Å². The van der Waals surface area contributed by atoms with E-state index in [1.165, 1.54) is 4.68 Å². The highest BCUT2D eigenvalue weighted by molar-refractivity contribution is 9.10. The van der Waals surface area contributed by atoms with Gasteiger partial charge in [-0.3, -0.25) is 9.48 Å². The van der Waals surface area contributed by atoms with Crippen molar-refractivity contribution in [3.05, 3.63) is 45.7 Å². The normalized spacial score (nSPS) is 12.2. The number of aromatic nitrogens is 2. The monoisotopic (exact) mass is 350 g/mol. The highest BCUT2D eigenvalue weighted by atomic mass is 79.9. The van der Waals surface area contributed by atoms with Crippen LogP contribution in [0.5, 0.6) is 0 Å². The van der Waals surface area contributed by atoms with E-state index in [9.17, 15) is 4.79 Å². The third kappa shape index (κ3) is 3.26. The lowest BCUT2D eigenvalue weighted by Gasteiger charge is -2.15. The van der Waals surface area contributed by atoms with Gasteiger partial charge in [0.2, 0.25) is 0 Å². The molecule has 21 heavy (non-hydrogen) atoms. The molecule has 0 bridgehead atoms. The molecule has 2 aromatic rings. The molecule has 1 atom stereocenters. The van der Waals surface area contributed by atoms with Gasteiger partial charge in [-0.15, -0.1) is 0 Å². The number of rotatable bonds is 4. The van der Waals surface area contributed by atoms with Crippen molar-refractivity contribution in [2.45, 2.75) is 26.3 Å². The van der Waals surface area contributed by atoms with Gasteiger partial charge in [-0.05, 0) is 31.0 Å². The van der Waals surface area contributed by atoms with Crippen LogP contribution < -0.4 is 11.1 Å². The van der Waals surface area contributed by atoms with Gasteiger partial charge >= 0.3 is 0 Å². The van der Waals surface area contributed by atoms with E-state index in [1.54, 1.807) is 7.05 Å². The van der Waals surface area contributed by atoms with E-state index in [0.29, 0.717) is 17.8 Å². The molecule has 0 fully saturated rings. The maximum absolute atomic E-state index is 12.4.